The van der Waals surface area contributed by atoms with E-state index in [2.05, 4.69) is 14.6 Å². The van der Waals surface area contributed by atoms with Gasteiger partial charge in [-0.1, -0.05) is 18.2 Å². The molecule has 3 fully saturated rings. The number of nitrogens with zero attached hydrogens (tertiary/aromatic N) is 2. The van der Waals surface area contributed by atoms with Gasteiger partial charge in [0.25, 0.3) is 0 Å². The molecule has 3 aliphatic heterocycles. The summed E-state index contributed by atoms with van der Waals surface area (Å²) < 4.78 is 28.6. The van der Waals surface area contributed by atoms with Crippen molar-refractivity contribution in [2.24, 2.45) is 5.92 Å². The molecule has 3 saturated heterocycles. The molecule has 2 aromatic rings. The van der Waals surface area contributed by atoms with E-state index in [0.717, 1.165) is 37.9 Å². The molecular formula is C16H19N3O2S. The topological polar surface area (TPSA) is 62.3 Å². The van der Waals surface area contributed by atoms with Crippen LogP contribution < -0.4 is 4.72 Å². The van der Waals surface area contributed by atoms with Gasteiger partial charge >= 0.3 is 0 Å². The van der Waals surface area contributed by atoms with Crippen molar-refractivity contribution >= 4 is 20.9 Å². The second-order valence-corrected chi connectivity index (χ2v) is 7.88. The Hall–Kier alpha value is -1.50. The van der Waals surface area contributed by atoms with E-state index in [-0.39, 0.29) is 10.9 Å². The predicted molar refractivity (Wildman–Crippen MR) is 85.0 cm³/mol. The lowest BCUT2D eigenvalue weighted by Gasteiger charge is -2.44. The molecule has 22 heavy (non-hydrogen) atoms. The molecule has 4 heterocycles. The molecule has 0 aliphatic carbocycles. The molecule has 5 nitrogen and oxygen atoms in total. The minimum atomic E-state index is -3.55. The molecule has 1 aromatic heterocycles. The van der Waals surface area contributed by atoms with Gasteiger partial charge in [-0.05, 0) is 44.0 Å². The molecule has 0 saturated carbocycles. The molecule has 1 atom stereocenters. The summed E-state index contributed by atoms with van der Waals surface area (Å²) >= 11 is 0. The van der Waals surface area contributed by atoms with E-state index in [1.54, 1.807) is 18.3 Å². The standard InChI is InChI=1S/C16H19N3O2S/c20-22(21,18-14-11-19-9-6-12(14)7-10-19)15-5-1-3-13-4-2-8-17-16(13)15/h1-5,8,12,14,18H,6-7,9-11H2. The van der Waals surface area contributed by atoms with E-state index in [1.807, 2.05) is 18.2 Å². The summed E-state index contributed by atoms with van der Waals surface area (Å²) in [6.45, 7) is 3.01. The van der Waals surface area contributed by atoms with Crippen LogP contribution in [0.1, 0.15) is 12.8 Å². The third-order valence-corrected chi connectivity index (χ3v) is 6.37. The van der Waals surface area contributed by atoms with E-state index in [4.69, 9.17) is 0 Å². The fraction of sp³-hybridized carbons (Fsp3) is 0.438. The molecule has 0 amide bonds. The van der Waals surface area contributed by atoms with Crippen LogP contribution in [0.25, 0.3) is 10.9 Å². The van der Waals surface area contributed by atoms with E-state index >= 15 is 0 Å². The molecule has 6 heteroatoms. The fourth-order valence-corrected chi connectivity index (χ4v) is 5.13. The predicted octanol–water partition coefficient (Wildman–Crippen LogP) is 1.61. The summed E-state index contributed by atoms with van der Waals surface area (Å²) in [5.74, 6) is 0.461. The molecule has 2 bridgehead atoms. The van der Waals surface area contributed by atoms with E-state index in [9.17, 15) is 8.42 Å². The smallest absolute Gasteiger partial charge is 0.243 e. The van der Waals surface area contributed by atoms with Gasteiger partial charge in [0.05, 0.1) is 5.52 Å². The first-order valence-electron chi connectivity index (χ1n) is 7.72. The van der Waals surface area contributed by atoms with E-state index < -0.39 is 10.0 Å². The first-order valence-corrected chi connectivity index (χ1v) is 9.20. The number of sulfonamides is 1. The lowest BCUT2D eigenvalue weighted by molar-refractivity contribution is 0.0827. The highest BCUT2D eigenvalue weighted by Gasteiger charge is 2.36. The first-order chi connectivity index (χ1) is 10.6. The minimum Gasteiger partial charge on any atom is -0.302 e. The fourth-order valence-electron chi connectivity index (χ4n) is 3.65. The van der Waals surface area contributed by atoms with Crippen molar-refractivity contribution in [3.05, 3.63) is 36.5 Å². The lowest BCUT2D eigenvalue weighted by Crippen LogP contribution is -2.57. The van der Waals surface area contributed by atoms with Crippen molar-refractivity contribution in [2.45, 2.75) is 23.8 Å². The van der Waals surface area contributed by atoms with Crippen LogP contribution in [0, 0.1) is 5.92 Å². The third-order valence-electron chi connectivity index (χ3n) is 4.85. The minimum absolute atomic E-state index is 0.0199. The molecule has 3 aliphatic rings. The highest BCUT2D eigenvalue weighted by Crippen LogP contribution is 2.29. The van der Waals surface area contributed by atoms with Gasteiger partial charge in [0.2, 0.25) is 10.0 Å². The summed E-state index contributed by atoms with van der Waals surface area (Å²) in [7, 11) is -3.55. The zero-order valence-corrected chi connectivity index (χ0v) is 13.1. The third kappa shape index (κ3) is 2.41. The number of piperidine rings is 3. The van der Waals surface area contributed by atoms with Crippen molar-refractivity contribution in [1.29, 1.82) is 0 Å². The van der Waals surface area contributed by atoms with Gasteiger partial charge in [0, 0.05) is 24.2 Å². The Morgan fingerprint density at radius 3 is 2.64 bits per heavy atom. The van der Waals surface area contributed by atoms with Crippen LogP contribution in [0.2, 0.25) is 0 Å². The molecule has 116 valence electrons. The largest absolute Gasteiger partial charge is 0.302 e. The van der Waals surface area contributed by atoms with Gasteiger partial charge < -0.3 is 4.90 Å². The lowest BCUT2D eigenvalue weighted by atomic mass is 9.85. The molecule has 1 N–H and O–H groups in total. The Morgan fingerprint density at radius 1 is 1.14 bits per heavy atom. The van der Waals surface area contributed by atoms with Crippen LogP contribution in [0.5, 0.6) is 0 Å². The number of nitrogens with one attached hydrogen (secondary N) is 1. The van der Waals surface area contributed by atoms with Gasteiger partial charge in [-0.3, -0.25) is 4.98 Å². The van der Waals surface area contributed by atoms with Gasteiger partial charge in [0.1, 0.15) is 4.90 Å². The van der Waals surface area contributed by atoms with Crippen molar-refractivity contribution in [3.63, 3.8) is 0 Å². The van der Waals surface area contributed by atoms with Crippen LogP contribution in [0.15, 0.2) is 41.4 Å². The second kappa shape index (κ2) is 5.30. The molecule has 1 aromatic carbocycles. The average molecular weight is 317 g/mol. The van der Waals surface area contributed by atoms with E-state index in [0.29, 0.717) is 11.4 Å². The normalized spacial score (nSPS) is 28.1. The number of hydrogen-bond acceptors (Lipinski definition) is 4. The zero-order chi connectivity index (χ0) is 15.2. The average Bonchev–Trinajstić information content (AvgIpc) is 2.55. The Morgan fingerprint density at radius 2 is 1.91 bits per heavy atom. The maximum atomic E-state index is 12.8. The maximum Gasteiger partial charge on any atom is 0.243 e. The highest BCUT2D eigenvalue weighted by molar-refractivity contribution is 7.89. The van der Waals surface area contributed by atoms with Crippen molar-refractivity contribution in [3.8, 4) is 0 Å². The van der Waals surface area contributed by atoms with Crippen LogP contribution in [0.3, 0.4) is 0 Å². The zero-order valence-electron chi connectivity index (χ0n) is 12.3. The van der Waals surface area contributed by atoms with Crippen molar-refractivity contribution in [1.82, 2.24) is 14.6 Å². The van der Waals surface area contributed by atoms with Crippen LogP contribution in [-0.2, 0) is 10.0 Å². The highest BCUT2D eigenvalue weighted by atomic mass is 32.2. The summed E-state index contributed by atoms with van der Waals surface area (Å²) in [4.78, 5) is 6.88. The van der Waals surface area contributed by atoms with Crippen molar-refractivity contribution < 1.29 is 8.42 Å². The van der Waals surface area contributed by atoms with Gasteiger partial charge in [-0.2, -0.15) is 0 Å². The summed E-state index contributed by atoms with van der Waals surface area (Å²) in [6.07, 6.45) is 3.80. The summed E-state index contributed by atoms with van der Waals surface area (Å²) in [5.41, 5.74) is 0.541. The SMILES string of the molecule is O=S(=O)(NC1CN2CCC1CC2)c1cccc2cccnc12. The van der Waals surface area contributed by atoms with Crippen LogP contribution in [-0.4, -0.2) is 44.0 Å². The number of para-hydroxylation sites is 1. The van der Waals surface area contributed by atoms with Gasteiger partial charge in [-0.15, -0.1) is 0 Å². The Balaban J connectivity index is 1.68. The van der Waals surface area contributed by atoms with Crippen molar-refractivity contribution in [2.75, 3.05) is 19.6 Å². The molecule has 1 unspecified atom stereocenters. The molecule has 0 radical (unpaired) electrons. The molecule has 5 rings (SSSR count). The Kier molecular flexibility index (Phi) is 3.40. The summed E-state index contributed by atoms with van der Waals surface area (Å²) in [6, 6.07) is 9.02. The monoisotopic (exact) mass is 317 g/mol. The molecule has 0 spiro atoms. The number of benzene rings is 1. The van der Waals surface area contributed by atoms with Gasteiger partial charge in [0.15, 0.2) is 0 Å². The maximum absolute atomic E-state index is 12.8. The molecular weight excluding hydrogens is 298 g/mol. The number of pyridine rings is 1. The number of aromatic nitrogens is 1. The van der Waals surface area contributed by atoms with Gasteiger partial charge in [-0.25, -0.2) is 13.1 Å². The van der Waals surface area contributed by atoms with Crippen LogP contribution in [0.4, 0.5) is 0 Å². The van der Waals surface area contributed by atoms with Crippen LogP contribution >= 0.6 is 0 Å². The van der Waals surface area contributed by atoms with E-state index in [1.165, 1.54) is 0 Å². The summed E-state index contributed by atoms with van der Waals surface area (Å²) in [5, 5.41) is 0.847. The quantitative estimate of drug-likeness (QED) is 0.934. The Bertz CT molecular complexity index is 793. The first kappa shape index (κ1) is 14.1. The number of hydrogen-bond donors (Lipinski definition) is 1. The number of rotatable bonds is 3. The Labute approximate surface area is 130 Å². The second-order valence-electron chi connectivity index (χ2n) is 6.20. The number of fused-ring (bicyclic) bond motifs is 4.